The minimum Gasteiger partial charge on any atom is -0.493 e. The van der Waals surface area contributed by atoms with Gasteiger partial charge in [0.15, 0.2) is 0 Å². The molecule has 0 aliphatic carbocycles. The Bertz CT molecular complexity index is 468. The van der Waals surface area contributed by atoms with Crippen LogP contribution in [0.3, 0.4) is 0 Å². The number of thiophene rings is 1. The third-order valence-corrected chi connectivity index (χ3v) is 4.39. The van der Waals surface area contributed by atoms with E-state index in [9.17, 15) is 0 Å². The van der Waals surface area contributed by atoms with Crippen LogP contribution in [0, 0.1) is 0 Å². The van der Waals surface area contributed by atoms with Gasteiger partial charge in [0.25, 0.3) is 0 Å². The summed E-state index contributed by atoms with van der Waals surface area (Å²) in [6.07, 6.45) is 0.968. The molecule has 0 atom stereocenters. The average molecular weight is 376 g/mol. The van der Waals surface area contributed by atoms with Crippen molar-refractivity contribution < 1.29 is 4.74 Å². The van der Waals surface area contributed by atoms with Gasteiger partial charge in [0, 0.05) is 26.7 Å². The molecular weight excluding hydrogens is 364 g/mol. The first-order valence-electron chi connectivity index (χ1n) is 5.29. The first-order chi connectivity index (χ1) is 8.29. The molecule has 0 unspecified atom stereocenters. The van der Waals surface area contributed by atoms with Gasteiger partial charge in [-0.2, -0.15) is 0 Å². The van der Waals surface area contributed by atoms with Crippen molar-refractivity contribution in [3.63, 3.8) is 0 Å². The van der Waals surface area contributed by atoms with Crippen LogP contribution in [-0.2, 0) is 11.8 Å². The van der Waals surface area contributed by atoms with Gasteiger partial charge in [-0.1, -0.05) is 37.9 Å². The molecule has 90 valence electrons. The predicted octanol–water partition coefficient (Wildman–Crippen LogP) is 5.03. The summed E-state index contributed by atoms with van der Waals surface area (Å²) in [5.41, 5.74) is 1.17. The molecule has 0 amide bonds. The van der Waals surface area contributed by atoms with Crippen LogP contribution >= 0.6 is 43.2 Å². The van der Waals surface area contributed by atoms with Crippen LogP contribution in [0.1, 0.15) is 10.4 Å². The van der Waals surface area contributed by atoms with E-state index in [1.807, 2.05) is 12.1 Å². The van der Waals surface area contributed by atoms with E-state index < -0.39 is 0 Å². The third-order valence-electron chi connectivity index (χ3n) is 2.35. The standard InChI is InChI=1S/C13H12Br2OS/c14-9-10-8-11(15)3-4-13(10)16-6-5-12-2-1-7-17-12/h1-4,7-8H,5-6,9H2. The summed E-state index contributed by atoms with van der Waals surface area (Å²) in [7, 11) is 0. The minimum atomic E-state index is 0.724. The van der Waals surface area contributed by atoms with E-state index >= 15 is 0 Å². The van der Waals surface area contributed by atoms with Gasteiger partial charge in [0.2, 0.25) is 0 Å². The topological polar surface area (TPSA) is 9.23 Å². The number of hydrogen-bond acceptors (Lipinski definition) is 2. The molecule has 2 rings (SSSR count). The molecule has 0 radical (unpaired) electrons. The predicted molar refractivity (Wildman–Crippen MR) is 80.3 cm³/mol. The van der Waals surface area contributed by atoms with Crippen LogP contribution in [0.25, 0.3) is 0 Å². The van der Waals surface area contributed by atoms with Gasteiger partial charge in [-0.05, 0) is 29.6 Å². The van der Waals surface area contributed by atoms with E-state index in [1.165, 1.54) is 10.4 Å². The maximum Gasteiger partial charge on any atom is 0.123 e. The molecule has 0 fully saturated rings. The number of halogens is 2. The average Bonchev–Trinajstić information content (AvgIpc) is 2.84. The van der Waals surface area contributed by atoms with Crippen molar-refractivity contribution >= 4 is 43.2 Å². The highest BCUT2D eigenvalue weighted by Crippen LogP contribution is 2.25. The van der Waals surface area contributed by atoms with Crippen LogP contribution in [0.2, 0.25) is 0 Å². The number of ether oxygens (including phenoxy) is 1. The summed E-state index contributed by atoms with van der Waals surface area (Å²) in [5.74, 6) is 0.960. The SMILES string of the molecule is BrCc1cc(Br)ccc1OCCc1cccs1. The largest absolute Gasteiger partial charge is 0.493 e. The van der Waals surface area contributed by atoms with Crippen LogP contribution in [0.4, 0.5) is 0 Å². The molecule has 4 heteroatoms. The zero-order chi connectivity index (χ0) is 12.1. The van der Waals surface area contributed by atoms with Crippen molar-refractivity contribution in [2.24, 2.45) is 0 Å². The van der Waals surface area contributed by atoms with Gasteiger partial charge in [-0.25, -0.2) is 0 Å². The molecule has 0 saturated heterocycles. The van der Waals surface area contributed by atoms with E-state index in [0.717, 1.165) is 28.6 Å². The summed E-state index contributed by atoms with van der Waals surface area (Å²) < 4.78 is 6.89. The van der Waals surface area contributed by atoms with Crippen LogP contribution in [0.15, 0.2) is 40.2 Å². The van der Waals surface area contributed by atoms with Gasteiger partial charge in [0.1, 0.15) is 5.75 Å². The molecule has 2 aromatic rings. The molecule has 0 spiro atoms. The summed E-state index contributed by atoms with van der Waals surface area (Å²) >= 11 is 8.71. The molecule has 1 aromatic carbocycles. The molecular formula is C13H12Br2OS. The Labute approximate surface area is 122 Å². The number of alkyl halides is 1. The van der Waals surface area contributed by atoms with Crippen molar-refractivity contribution in [2.45, 2.75) is 11.8 Å². The summed E-state index contributed by atoms with van der Waals surface area (Å²) in [4.78, 5) is 1.36. The van der Waals surface area contributed by atoms with Crippen molar-refractivity contribution in [1.29, 1.82) is 0 Å². The van der Waals surface area contributed by atoms with E-state index in [2.05, 4.69) is 55.4 Å². The van der Waals surface area contributed by atoms with Gasteiger partial charge in [-0.3, -0.25) is 0 Å². The zero-order valence-electron chi connectivity index (χ0n) is 9.16. The maximum atomic E-state index is 5.81. The molecule has 0 N–H and O–H groups in total. The Morgan fingerprint density at radius 3 is 2.82 bits per heavy atom. The number of hydrogen-bond donors (Lipinski definition) is 0. The Balaban J connectivity index is 1.94. The number of rotatable bonds is 5. The Morgan fingerprint density at radius 2 is 2.12 bits per heavy atom. The quantitative estimate of drug-likeness (QED) is 0.666. The Hall–Kier alpha value is -0.320. The fraction of sp³-hybridized carbons (Fsp3) is 0.231. The second kappa shape index (κ2) is 6.57. The molecule has 0 saturated carbocycles. The lowest BCUT2D eigenvalue weighted by Crippen LogP contribution is -2.01. The summed E-state index contributed by atoms with van der Waals surface area (Å²) in [6.45, 7) is 0.724. The lowest BCUT2D eigenvalue weighted by atomic mass is 10.2. The van der Waals surface area contributed by atoms with Crippen molar-refractivity contribution in [1.82, 2.24) is 0 Å². The molecule has 0 bridgehead atoms. The highest BCUT2D eigenvalue weighted by Gasteiger charge is 2.03. The fourth-order valence-corrected chi connectivity index (χ4v) is 3.05. The minimum absolute atomic E-state index is 0.724. The molecule has 0 aliphatic heterocycles. The first-order valence-corrected chi connectivity index (χ1v) is 8.08. The maximum absolute atomic E-state index is 5.81. The highest BCUT2D eigenvalue weighted by molar-refractivity contribution is 9.10. The van der Waals surface area contributed by atoms with Crippen LogP contribution in [0.5, 0.6) is 5.75 Å². The molecule has 17 heavy (non-hydrogen) atoms. The van der Waals surface area contributed by atoms with E-state index in [4.69, 9.17) is 4.74 Å². The van der Waals surface area contributed by atoms with Gasteiger partial charge in [-0.15, -0.1) is 11.3 Å². The summed E-state index contributed by atoms with van der Waals surface area (Å²) in [6, 6.07) is 10.3. The third kappa shape index (κ3) is 3.83. The van der Waals surface area contributed by atoms with Gasteiger partial charge < -0.3 is 4.74 Å². The lowest BCUT2D eigenvalue weighted by Gasteiger charge is -2.09. The normalized spacial score (nSPS) is 10.5. The second-order valence-electron chi connectivity index (χ2n) is 3.56. The lowest BCUT2D eigenvalue weighted by molar-refractivity contribution is 0.320. The van der Waals surface area contributed by atoms with Crippen molar-refractivity contribution in [3.05, 3.63) is 50.6 Å². The molecule has 1 aromatic heterocycles. The van der Waals surface area contributed by atoms with Crippen molar-refractivity contribution in [2.75, 3.05) is 6.61 Å². The first kappa shape index (κ1) is 13.1. The van der Waals surface area contributed by atoms with E-state index in [0.29, 0.717) is 0 Å². The smallest absolute Gasteiger partial charge is 0.123 e. The monoisotopic (exact) mass is 374 g/mol. The highest BCUT2D eigenvalue weighted by atomic mass is 79.9. The zero-order valence-corrected chi connectivity index (χ0v) is 13.1. The summed E-state index contributed by atoms with van der Waals surface area (Å²) in [5, 5.41) is 2.90. The molecule has 1 nitrogen and oxygen atoms in total. The van der Waals surface area contributed by atoms with E-state index in [1.54, 1.807) is 11.3 Å². The molecule has 0 aliphatic rings. The Morgan fingerprint density at radius 1 is 1.24 bits per heavy atom. The molecule has 1 heterocycles. The number of benzene rings is 1. The van der Waals surface area contributed by atoms with Crippen LogP contribution in [-0.4, -0.2) is 6.61 Å². The van der Waals surface area contributed by atoms with E-state index in [-0.39, 0.29) is 0 Å². The second-order valence-corrected chi connectivity index (χ2v) is 6.07. The van der Waals surface area contributed by atoms with Gasteiger partial charge >= 0.3 is 0 Å². The van der Waals surface area contributed by atoms with Crippen LogP contribution < -0.4 is 4.74 Å². The fourth-order valence-electron chi connectivity index (χ4n) is 1.51. The van der Waals surface area contributed by atoms with Gasteiger partial charge in [0.05, 0.1) is 6.61 Å². The Kier molecular flexibility index (Phi) is 5.07. The van der Waals surface area contributed by atoms with Crippen molar-refractivity contribution in [3.8, 4) is 5.75 Å².